The lowest BCUT2D eigenvalue weighted by Crippen LogP contribution is -2.00. The molecule has 3 heteroatoms. The van der Waals surface area contributed by atoms with Gasteiger partial charge in [0.05, 0.1) is 11.3 Å². The van der Waals surface area contributed by atoms with Gasteiger partial charge in [-0.05, 0) is 32.0 Å². The molecule has 0 aliphatic carbocycles. The van der Waals surface area contributed by atoms with Crippen molar-refractivity contribution >= 4 is 17.3 Å². The first-order valence-electron chi connectivity index (χ1n) is 4.70. The predicted octanol–water partition coefficient (Wildman–Crippen LogP) is 3.59. The van der Waals surface area contributed by atoms with Crippen LogP contribution in [0.2, 0.25) is 5.02 Å². The lowest BCUT2D eigenvalue weighted by molar-refractivity contribution is 1.26. The number of hydrogen-bond donors (Lipinski definition) is 1. The van der Waals surface area contributed by atoms with Crippen LogP contribution in [0.3, 0.4) is 0 Å². The molecule has 0 fully saturated rings. The molecule has 0 radical (unpaired) electrons. The van der Waals surface area contributed by atoms with Crippen molar-refractivity contribution in [3.63, 3.8) is 0 Å². The summed E-state index contributed by atoms with van der Waals surface area (Å²) in [6.07, 6.45) is 2.06. The molecule has 0 aromatic heterocycles. The largest absolute Gasteiger partial charge is 0.380 e. The van der Waals surface area contributed by atoms with Crippen LogP contribution in [-0.2, 0) is 0 Å². The van der Waals surface area contributed by atoms with Gasteiger partial charge in [-0.25, -0.2) is 0 Å². The molecule has 0 amide bonds. The zero-order valence-electron chi connectivity index (χ0n) is 8.84. The molecule has 0 atom stereocenters. The number of allylic oxidation sites excluding steroid dienone is 1. The Morgan fingerprint density at radius 2 is 2.27 bits per heavy atom. The van der Waals surface area contributed by atoms with Gasteiger partial charge in [0.15, 0.2) is 0 Å². The summed E-state index contributed by atoms with van der Waals surface area (Å²) >= 11 is 5.85. The molecule has 0 saturated heterocycles. The van der Waals surface area contributed by atoms with E-state index in [1.54, 1.807) is 18.2 Å². The fourth-order valence-corrected chi connectivity index (χ4v) is 1.30. The second kappa shape index (κ2) is 5.43. The molecule has 0 saturated carbocycles. The van der Waals surface area contributed by atoms with Crippen LogP contribution in [0.15, 0.2) is 29.8 Å². The summed E-state index contributed by atoms with van der Waals surface area (Å²) in [5, 5.41) is 12.7. The quantitative estimate of drug-likeness (QED) is 0.791. The molecular formula is C12H13ClN2. The fourth-order valence-electron chi connectivity index (χ4n) is 1.13. The maximum absolute atomic E-state index is 8.87. The SMILES string of the molecule is CC(C)=CCNc1cc(Cl)ccc1C#N. The summed E-state index contributed by atoms with van der Waals surface area (Å²) in [4.78, 5) is 0. The minimum Gasteiger partial charge on any atom is -0.380 e. The first kappa shape index (κ1) is 11.6. The van der Waals surface area contributed by atoms with Crippen LogP contribution in [0.1, 0.15) is 19.4 Å². The van der Waals surface area contributed by atoms with Crippen molar-refractivity contribution < 1.29 is 0 Å². The van der Waals surface area contributed by atoms with Gasteiger partial charge in [0.2, 0.25) is 0 Å². The van der Waals surface area contributed by atoms with Crippen molar-refractivity contribution in [2.45, 2.75) is 13.8 Å². The Morgan fingerprint density at radius 3 is 2.87 bits per heavy atom. The molecule has 1 N–H and O–H groups in total. The molecule has 78 valence electrons. The number of halogens is 1. The standard InChI is InChI=1S/C12H13ClN2/c1-9(2)5-6-15-12-7-11(13)4-3-10(12)8-14/h3-5,7,15H,6H2,1-2H3. The summed E-state index contributed by atoms with van der Waals surface area (Å²) in [7, 11) is 0. The third kappa shape index (κ3) is 3.65. The average molecular weight is 221 g/mol. The molecule has 1 aromatic rings. The van der Waals surface area contributed by atoms with Crippen LogP contribution in [0, 0.1) is 11.3 Å². The van der Waals surface area contributed by atoms with Crippen LogP contribution in [0.5, 0.6) is 0 Å². The van der Waals surface area contributed by atoms with E-state index in [1.165, 1.54) is 5.57 Å². The summed E-state index contributed by atoms with van der Waals surface area (Å²) in [6, 6.07) is 7.31. The topological polar surface area (TPSA) is 35.8 Å². The number of rotatable bonds is 3. The van der Waals surface area contributed by atoms with Crippen molar-refractivity contribution in [3.05, 3.63) is 40.4 Å². The molecule has 1 aromatic carbocycles. The smallest absolute Gasteiger partial charge is 0.101 e. The van der Waals surface area contributed by atoms with E-state index in [1.807, 2.05) is 13.8 Å². The maximum Gasteiger partial charge on any atom is 0.101 e. The highest BCUT2D eigenvalue weighted by atomic mass is 35.5. The van der Waals surface area contributed by atoms with Gasteiger partial charge >= 0.3 is 0 Å². The Labute approximate surface area is 95.2 Å². The highest BCUT2D eigenvalue weighted by molar-refractivity contribution is 6.30. The van der Waals surface area contributed by atoms with E-state index in [2.05, 4.69) is 17.5 Å². The number of nitrogens with zero attached hydrogens (tertiary/aromatic N) is 1. The molecule has 1 rings (SSSR count). The van der Waals surface area contributed by atoms with Crippen LogP contribution in [0.4, 0.5) is 5.69 Å². The number of nitrogens with one attached hydrogen (secondary N) is 1. The third-order valence-corrected chi connectivity index (χ3v) is 2.14. The Hall–Kier alpha value is -1.46. The van der Waals surface area contributed by atoms with E-state index in [9.17, 15) is 0 Å². The first-order chi connectivity index (χ1) is 7.13. The van der Waals surface area contributed by atoms with Crippen molar-refractivity contribution in [3.8, 4) is 6.07 Å². The van der Waals surface area contributed by atoms with E-state index in [-0.39, 0.29) is 0 Å². The van der Waals surface area contributed by atoms with Gasteiger partial charge in [0, 0.05) is 11.6 Å². The van der Waals surface area contributed by atoms with Crippen molar-refractivity contribution in [1.29, 1.82) is 5.26 Å². The summed E-state index contributed by atoms with van der Waals surface area (Å²) in [5.41, 5.74) is 2.63. The second-order valence-corrected chi connectivity index (χ2v) is 3.90. The Morgan fingerprint density at radius 1 is 1.53 bits per heavy atom. The van der Waals surface area contributed by atoms with E-state index >= 15 is 0 Å². The Balaban J connectivity index is 2.80. The summed E-state index contributed by atoms with van der Waals surface area (Å²) in [6.45, 7) is 4.77. The van der Waals surface area contributed by atoms with E-state index in [0.29, 0.717) is 17.1 Å². The van der Waals surface area contributed by atoms with Gasteiger partial charge in [-0.15, -0.1) is 0 Å². The van der Waals surface area contributed by atoms with Crippen LogP contribution in [0.25, 0.3) is 0 Å². The summed E-state index contributed by atoms with van der Waals surface area (Å²) < 4.78 is 0. The minimum absolute atomic E-state index is 0.613. The molecule has 0 heterocycles. The Kier molecular flexibility index (Phi) is 4.20. The van der Waals surface area contributed by atoms with E-state index in [4.69, 9.17) is 16.9 Å². The number of benzene rings is 1. The van der Waals surface area contributed by atoms with Gasteiger partial charge < -0.3 is 5.32 Å². The number of hydrogen-bond acceptors (Lipinski definition) is 2. The zero-order valence-corrected chi connectivity index (χ0v) is 9.60. The third-order valence-electron chi connectivity index (χ3n) is 1.90. The molecule has 0 unspecified atom stereocenters. The van der Waals surface area contributed by atoms with Crippen molar-refractivity contribution in [1.82, 2.24) is 0 Å². The van der Waals surface area contributed by atoms with Crippen molar-refractivity contribution in [2.24, 2.45) is 0 Å². The molecule has 0 spiro atoms. The van der Waals surface area contributed by atoms with Crippen molar-refractivity contribution in [2.75, 3.05) is 11.9 Å². The summed E-state index contributed by atoms with van der Waals surface area (Å²) in [5.74, 6) is 0. The van der Waals surface area contributed by atoms with E-state index < -0.39 is 0 Å². The predicted molar refractivity (Wildman–Crippen MR) is 64.1 cm³/mol. The molecule has 15 heavy (non-hydrogen) atoms. The second-order valence-electron chi connectivity index (χ2n) is 3.46. The average Bonchev–Trinajstić information content (AvgIpc) is 2.17. The maximum atomic E-state index is 8.87. The highest BCUT2D eigenvalue weighted by Crippen LogP contribution is 2.20. The lowest BCUT2D eigenvalue weighted by Gasteiger charge is -2.06. The molecule has 2 nitrogen and oxygen atoms in total. The Bertz CT molecular complexity index is 412. The van der Waals surface area contributed by atoms with Gasteiger partial charge in [-0.1, -0.05) is 23.3 Å². The van der Waals surface area contributed by atoms with Gasteiger partial charge in [-0.3, -0.25) is 0 Å². The molecule has 0 aliphatic rings. The number of nitriles is 1. The molecular weight excluding hydrogens is 208 g/mol. The van der Waals surface area contributed by atoms with Gasteiger partial charge in [0.1, 0.15) is 6.07 Å². The number of anilines is 1. The van der Waals surface area contributed by atoms with E-state index in [0.717, 1.165) is 5.69 Å². The molecule has 0 aliphatic heterocycles. The van der Waals surface area contributed by atoms with Crippen LogP contribution in [-0.4, -0.2) is 6.54 Å². The normalized spacial score (nSPS) is 9.20. The van der Waals surface area contributed by atoms with Gasteiger partial charge in [-0.2, -0.15) is 5.26 Å². The fraction of sp³-hybridized carbons (Fsp3) is 0.250. The zero-order chi connectivity index (χ0) is 11.3. The highest BCUT2D eigenvalue weighted by Gasteiger charge is 2.00. The monoisotopic (exact) mass is 220 g/mol. The first-order valence-corrected chi connectivity index (χ1v) is 5.08. The van der Waals surface area contributed by atoms with Crippen LogP contribution < -0.4 is 5.32 Å². The molecule has 0 bridgehead atoms. The van der Waals surface area contributed by atoms with Gasteiger partial charge in [0.25, 0.3) is 0 Å². The van der Waals surface area contributed by atoms with Crippen LogP contribution >= 0.6 is 11.6 Å². The lowest BCUT2D eigenvalue weighted by atomic mass is 10.2. The minimum atomic E-state index is 0.613.